The molecule has 0 spiro atoms. The fourth-order valence-electron chi connectivity index (χ4n) is 2.87. The highest BCUT2D eigenvalue weighted by molar-refractivity contribution is 7.99. The van der Waals surface area contributed by atoms with Crippen molar-refractivity contribution in [2.45, 2.75) is 41.9 Å². The first kappa shape index (κ1) is 15.2. The zero-order valence-electron chi connectivity index (χ0n) is 12.6. The van der Waals surface area contributed by atoms with Crippen molar-refractivity contribution in [1.82, 2.24) is 0 Å². The lowest BCUT2D eigenvalue weighted by Crippen LogP contribution is -2.24. The predicted molar refractivity (Wildman–Crippen MR) is 92.2 cm³/mol. The van der Waals surface area contributed by atoms with Crippen LogP contribution >= 0.6 is 11.8 Å². The molecule has 3 rings (SSSR count). The summed E-state index contributed by atoms with van der Waals surface area (Å²) in [7, 11) is 0. The third-order valence-electron chi connectivity index (χ3n) is 4.09. The number of para-hydroxylation sites is 1. The summed E-state index contributed by atoms with van der Waals surface area (Å²) < 4.78 is 0. The maximum absolute atomic E-state index is 12.5. The third kappa shape index (κ3) is 3.92. The van der Waals surface area contributed by atoms with Crippen molar-refractivity contribution in [3.8, 4) is 0 Å². The zero-order chi connectivity index (χ0) is 15.2. The Hall–Kier alpha value is -1.74. The van der Waals surface area contributed by atoms with E-state index in [1.807, 2.05) is 36.4 Å². The molecule has 0 saturated heterocycles. The van der Waals surface area contributed by atoms with Crippen LogP contribution in [0.15, 0.2) is 64.4 Å². The monoisotopic (exact) mass is 311 g/mol. The van der Waals surface area contributed by atoms with E-state index >= 15 is 0 Å². The van der Waals surface area contributed by atoms with Crippen molar-refractivity contribution in [1.29, 1.82) is 0 Å². The SMILES string of the molecule is O=C(Nc1ccccc1Sc1ccccc1)C1CCCCC1. The summed E-state index contributed by atoms with van der Waals surface area (Å²) >= 11 is 1.69. The van der Waals surface area contributed by atoms with Gasteiger partial charge in [0, 0.05) is 15.7 Å². The molecule has 1 aliphatic carbocycles. The number of carbonyl (C=O) groups is 1. The second-order valence-corrected chi connectivity index (χ2v) is 6.85. The Morgan fingerprint density at radius 3 is 2.36 bits per heavy atom. The number of hydrogen-bond donors (Lipinski definition) is 1. The molecular formula is C19H21NOS. The smallest absolute Gasteiger partial charge is 0.227 e. The molecule has 0 atom stereocenters. The Balaban J connectivity index is 1.72. The van der Waals surface area contributed by atoms with Crippen LogP contribution in [0.25, 0.3) is 0 Å². The highest BCUT2D eigenvalue weighted by Crippen LogP contribution is 2.34. The van der Waals surface area contributed by atoms with E-state index < -0.39 is 0 Å². The van der Waals surface area contributed by atoms with Gasteiger partial charge in [-0.15, -0.1) is 0 Å². The molecule has 1 amide bonds. The van der Waals surface area contributed by atoms with Gasteiger partial charge >= 0.3 is 0 Å². The van der Waals surface area contributed by atoms with Crippen molar-refractivity contribution in [3.63, 3.8) is 0 Å². The van der Waals surface area contributed by atoms with E-state index in [1.54, 1.807) is 11.8 Å². The van der Waals surface area contributed by atoms with E-state index in [0.717, 1.165) is 23.4 Å². The minimum absolute atomic E-state index is 0.181. The maximum Gasteiger partial charge on any atom is 0.227 e. The Morgan fingerprint density at radius 1 is 0.909 bits per heavy atom. The van der Waals surface area contributed by atoms with E-state index in [9.17, 15) is 4.79 Å². The summed E-state index contributed by atoms with van der Waals surface area (Å²) in [5.74, 6) is 0.365. The number of carbonyl (C=O) groups excluding carboxylic acids is 1. The van der Waals surface area contributed by atoms with Crippen molar-refractivity contribution in [2.75, 3.05) is 5.32 Å². The van der Waals surface area contributed by atoms with E-state index in [1.165, 1.54) is 24.2 Å². The molecule has 1 N–H and O–H groups in total. The minimum Gasteiger partial charge on any atom is -0.325 e. The normalized spacial score (nSPS) is 15.5. The average molecular weight is 311 g/mol. The molecule has 2 nitrogen and oxygen atoms in total. The third-order valence-corrected chi connectivity index (χ3v) is 5.18. The maximum atomic E-state index is 12.5. The van der Waals surface area contributed by atoms with E-state index in [-0.39, 0.29) is 11.8 Å². The summed E-state index contributed by atoms with van der Waals surface area (Å²) in [5, 5.41) is 3.14. The molecule has 0 radical (unpaired) electrons. The fourth-order valence-corrected chi connectivity index (χ4v) is 3.80. The van der Waals surface area contributed by atoms with Crippen LogP contribution in [0.5, 0.6) is 0 Å². The molecule has 1 saturated carbocycles. The van der Waals surface area contributed by atoms with Crippen LogP contribution in [-0.2, 0) is 4.79 Å². The highest BCUT2D eigenvalue weighted by Gasteiger charge is 2.21. The molecule has 1 fully saturated rings. The van der Waals surface area contributed by atoms with E-state index in [4.69, 9.17) is 0 Å². The molecule has 0 unspecified atom stereocenters. The summed E-state index contributed by atoms with van der Waals surface area (Å²) in [6, 6.07) is 18.3. The van der Waals surface area contributed by atoms with E-state index in [0.29, 0.717) is 0 Å². The second-order valence-electron chi connectivity index (χ2n) is 5.74. The topological polar surface area (TPSA) is 29.1 Å². The zero-order valence-corrected chi connectivity index (χ0v) is 13.4. The lowest BCUT2D eigenvalue weighted by molar-refractivity contribution is -0.120. The van der Waals surface area contributed by atoms with Crippen LogP contribution in [0.4, 0.5) is 5.69 Å². The average Bonchev–Trinajstić information content (AvgIpc) is 2.58. The largest absolute Gasteiger partial charge is 0.325 e. The molecule has 0 aliphatic heterocycles. The molecule has 2 aromatic carbocycles. The molecule has 2 aromatic rings. The lowest BCUT2D eigenvalue weighted by atomic mass is 9.88. The van der Waals surface area contributed by atoms with Gasteiger partial charge in [-0.2, -0.15) is 0 Å². The number of benzene rings is 2. The van der Waals surface area contributed by atoms with Crippen LogP contribution in [-0.4, -0.2) is 5.91 Å². The number of anilines is 1. The van der Waals surface area contributed by atoms with Gasteiger partial charge in [-0.05, 0) is 37.1 Å². The second kappa shape index (κ2) is 7.50. The first-order valence-corrected chi connectivity index (χ1v) is 8.77. The molecule has 1 aliphatic rings. The number of nitrogens with one attached hydrogen (secondary N) is 1. The quantitative estimate of drug-likeness (QED) is 0.824. The summed E-state index contributed by atoms with van der Waals surface area (Å²) in [6.45, 7) is 0. The summed E-state index contributed by atoms with van der Waals surface area (Å²) in [6.07, 6.45) is 5.68. The van der Waals surface area contributed by atoms with Gasteiger partial charge in [0.05, 0.1) is 5.69 Å². The van der Waals surface area contributed by atoms with Crippen molar-refractivity contribution < 1.29 is 4.79 Å². The van der Waals surface area contributed by atoms with Crippen molar-refractivity contribution in [2.24, 2.45) is 5.92 Å². The molecule has 114 valence electrons. The van der Waals surface area contributed by atoms with Crippen LogP contribution in [0.1, 0.15) is 32.1 Å². The Morgan fingerprint density at radius 2 is 1.59 bits per heavy atom. The first-order valence-electron chi connectivity index (χ1n) is 7.96. The fraction of sp³-hybridized carbons (Fsp3) is 0.316. The molecular weight excluding hydrogens is 290 g/mol. The van der Waals surface area contributed by atoms with Crippen molar-refractivity contribution >= 4 is 23.4 Å². The summed E-state index contributed by atoms with van der Waals surface area (Å²) in [5.41, 5.74) is 0.923. The molecule has 0 aromatic heterocycles. The van der Waals surface area contributed by atoms with Crippen molar-refractivity contribution in [3.05, 3.63) is 54.6 Å². The molecule has 0 heterocycles. The number of hydrogen-bond acceptors (Lipinski definition) is 2. The highest BCUT2D eigenvalue weighted by atomic mass is 32.2. The Bertz CT molecular complexity index is 620. The summed E-state index contributed by atoms with van der Waals surface area (Å²) in [4.78, 5) is 14.7. The molecule has 3 heteroatoms. The van der Waals surface area contributed by atoms with E-state index in [2.05, 4.69) is 23.5 Å². The van der Waals surface area contributed by atoms with Gasteiger partial charge in [-0.3, -0.25) is 4.79 Å². The standard InChI is InChI=1S/C19H21NOS/c21-19(15-9-3-1-4-10-15)20-17-13-7-8-14-18(17)22-16-11-5-2-6-12-16/h2,5-8,11-15H,1,3-4,9-10H2,(H,20,21). The predicted octanol–water partition coefficient (Wildman–Crippen LogP) is 5.36. The minimum atomic E-state index is 0.181. The number of rotatable bonds is 4. The first-order chi connectivity index (χ1) is 10.8. The van der Waals surface area contributed by atoms with Gasteiger partial charge in [0.15, 0.2) is 0 Å². The Labute approximate surface area is 136 Å². The van der Waals surface area contributed by atoms with Gasteiger partial charge in [-0.25, -0.2) is 0 Å². The lowest BCUT2D eigenvalue weighted by Gasteiger charge is -2.21. The van der Waals surface area contributed by atoms with Crippen LogP contribution in [0, 0.1) is 5.92 Å². The van der Waals surface area contributed by atoms with Gasteiger partial charge in [-0.1, -0.05) is 61.4 Å². The van der Waals surface area contributed by atoms with Gasteiger partial charge in [0.2, 0.25) is 5.91 Å². The van der Waals surface area contributed by atoms with Gasteiger partial charge in [0.25, 0.3) is 0 Å². The van der Waals surface area contributed by atoms with Crippen LogP contribution in [0.2, 0.25) is 0 Å². The van der Waals surface area contributed by atoms with Gasteiger partial charge in [0.1, 0.15) is 0 Å². The van der Waals surface area contributed by atoms with Crippen LogP contribution < -0.4 is 5.32 Å². The molecule has 0 bridgehead atoms. The Kier molecular flexibility index (Phi) is 5.17. The van der Waals surface area contributed by atoms with Gasteiger partial charge < -0.3 is 5.32 Å². The molecule has 22 heavy (non-hydrogen) atoms. The number of amides is 1. The van der Waals surface area contributed by atoms with Crippen LogP contribution in [0.3, 0.4) is 0 Å².